The van der Waals surface area contributed by atoms with E-state index in [1.165, 1.54) is 0 Å². The first-order valence-electron chi connectivity index (χ1n) is 6.35. The molecular weight excluding hydrogens is 216 g/mol. The van der Waals surface area contributed by atoms with Crippen molar-refractivity contribution in [2.75, 3.05) is 20.2 Å². The largest absolute Gasteiger partial charge is 0.378 e. The van der Waals surface area contributed by atoms with E-state index in [2.05, 4.69) is 29.2 Å². The molecule has 5 nitrogen and oxygen atoms in total. The average molecular weight is 238 g/mol. The van der Waals surface area contributed by atoms with Gasteiger partial charge in [-0.25, -0.2) is 4.98 Å². The zero-order chi connectivity index (χ0) is 12.3. The van der Waals surface area contributed by atoms with E-state index in [4.69, 9.17) is 4.74 Å². The summed E-state index contributed by atoms with van der Waals surface area (Å²) in [5, 5.41) is 7.53. The van der Waals surface area contributed by atoms with E-state index in [-0.39, 0.29) is 11.5 Å². The summed E-state index contributed by atoms with van der Waals surface area (Å²) >= 11 is 0. The van der Waals surface area contributed by atoms with Crippen LogP contribution in [-0.2, 0) is 17.7 Å². The lowest BCUT2D eigenvalue weighted by Crippen LogP contribution is -2.40. The van der Waals surface area contributed by atoms with Crippen LogP contribution in [0.3, 0.4) is 0 Å². The summed E-state index contributed by atoms with van der Waals surface area (Å²) in [6.07, 6.45) is 3.94. The summed E-state index contributed by atoms with van der Waals surface area (Å²) in [5.41, 5.74) is 0.161. The molecule has 0 aliphatic carbocycles. The highest BCUT2D eigenvalue weighted by Gasteiger charge is 2.42. The van der Waals surface area contributed by atoms with E-state index >= 15 is 0 Å². The zero-order valence-corrected chi connectivity index (χ0v) is 10.9. The Kier molecular flexibility index (Phi) is 3.79. The molecule has 2 heterocycles. The fourth-order valence-electron chi connectivity index (χ4n) is 2.70. The zero-order valence-electron chi connectivity index (χ0n) is 10.9. The van der Waals surface area contributed by atoms with Crippen LogP contribution in [-0.4, -0.2) is 41.1 Å². The summed E-state index contributed by atoms with van der Waals surface area (Å²) in [4.78, 5) is 4.38. The number of rotatable bonds is 5. The Morgan fingerprint density at radius 1 is 1.65 bits per heavy atom. The van der Waals surface area contributed by atoms with E-state index in [0.717, 1.165) is 38.4 Å². The molecule has 1 N–H and O–H groups in total. The fraction of sp³-hybridized carbons (Fsp3) is 0.833. The predicted molar refractivity (Wildman–Crippen MR) is 65.8 cm³/mol. The lowest BCUT2D eigenvalue weighted by atomic mass is 9.78. The Morgan fingerprint density at radius 2 is 2.47 bits per heavy atom. The van der Waals surface area contributed by atoms with Gasteiger partial charge in [-0.05, 0) is 27.3 Å². The maximum atomic E-state index is 5.75. The van der Waals surface area contributed by atoms with Gasteiger partial charge in [0.05, 0.1) is 6.10 Å². The summed E-state index contributed by atoms with van der Waals surface area (Å²) in [6, 6.07) is 0. The molecule has 1 aromatic heterocycles. The van der Waals surface area contributed by atoms with Crippen LogP contribution in [0.15, 0.2) is 6.33 Å². The van der Waals surface area contributed by atoms with Gasteiger partial charge in [0, 0.05) is 31.5 Å². The smallest absolute Gasteiger partial charge is 0.138 e. The van der Waals surface area contributed by atoms with Crippen molar-refractivity contribution in [2.24, 2.45) is 5.41 Å². The molecule has 1 saturated heterocycles. The number of hydrogen-bond donors (Lipinski definition) is 1. The number of aryl methyl sites for hydroxylation is 1. The lowest BCUT2D eigenvalue weighted by Gasteiger charge is -2.31. The van der Waals surface area contributed by atoms with Crippen LogP contribution in [0.1, 0.15) is 26.1 Å². The minimum Gasteiger partial charge on any atom is -0.378 e. The van der Waals surface area contributed by atoms with Crippen LogP contribution >= 0.6 is 0 Å². The van der Waals surface area contributed by atoms with Crippen molar-refractivity contribution in [2.45, 2.75) is 39.3 Å². The van der Waals surface area contributed by atoms with Gasteiger partial charge in [0.15, 0.2) is 0 Å². The van der Waals surface area contributed by atoms with Crippen LogP contribution < -0.4 is 5.32 Å². The van der Waals surface area contributed by atoms with E-state index in [0.29, 0.717) is 0 Å². The molecule has 0 saturated carbocycles. The normalized spacial score (nSPS) is 28.8. The van der Waals surface area contributed by atoms with Crippen molar-refractivity contribution in [3.8, 4) is 0 Å². The second kappa shape index (κ2) is 5.14. The third-order valence-electron chi connectivity index (χ3n) is 3.86. The lowest BCUT2D eigenvalue weighted by molar-refractivity contribution is 0.0624. The van der Waals surface area contributed by atoms with Gasteiger partial charge in [0.2, 0.25) is 0 Å². The summed E-state index contributed by atoms with van der Waals surface area (Å²) in [6.45, 7) is 6.95. The van der Waals surface area contributed by atoms with Crippen molar-refractivity contribution in [3.05, 3.63) is 12.2 Å². The van der Waals surface area contributed by atoms with Crippen molar-refractivity contribution >= 4 is 0 Å². The first-order valence-corrected chi connectivity index (χ1v) is 6.35. The number of nitrogens with one attached hydrogen (secondary N) is 1. The molecule has 1 aliphatic rings. The van der Waals surface area contributed by atoms with Gasteiger partial charge in [-0.3, -0.25) is 4.68 Å². The van der Waals surface area contributed by atoms with Crippen LogP contribution in [0.2, 0.25) is 0 Å². The van der Waals surface area contributed by atoms with Gasteiger partial charge in [-0.1, -0.05) is 0 Å². The minimum atomic E-state index is 0.161. The molecule has 0 amide bonds. The number of nitrogens with zero attached hydrogens (tertiary/aromatic N) is 3. The highest BCUT2D eigenvalue weighted by Crippen LogP contribution is 2.37. The molecule has 0 radical (unpaired) electrons. The van der Waals surface area contributed by atoms with E-state index in [9.17, 15) is 0 Å². The topological polar surface area (TPSA) is 52.0 Å². The molecule has 2 atom stereocenters. The Bertz CT molecular complexity index is 365. The van der Waals surface area contributed by atoms with E-state index < -0.39 is 0 Å². The fourth-order valence-corrected chi connectivity index (χ4v) is 2.70. The first-order chi connectivity index (χ1) is 8.22. The van der Waals surface area contributed by atoms with Crippen LogP contribution in [0.25, 0.3) is 0 Å². The Balaban J connectivity index is 2.18. The van der Waals surface area contributed by atoms with Crippen molar-refractivity contribution < 1.29 is 4.74 Å². The van der Waals surface area contributed by atoms with Crippen molar-refractivity contribution in [1.29, 1.82) is 0 Å². The molecule has 2 unspecified atom stereocenters. The van der Waals surface area contributed by atoms with E-state index in [1.54, 1.807) is 6.33 Å². The Labute approximate surface area is 103 Å². The van der Waals surface area contributed by atoms with Crippen LogP contribution in [0.5, 0.6) is 0 Å². The molecule has 17 heavy (non-hydrogen) atoms. The van der Waals surface area contributed by atoms with Gasteiger partial charge < -0.3 is 10.1 Å². The third kappa shape index (κ3) is 2.35. The quantitative estimate of drug-likeness (QED) is 0.826. The number of aromatic nitrogens is 3. The van der Waals surface area contributed by atoms with E-state index in [1.807, 2.05) is 11.7 Å². The van der Waals surface area contributed by atoms with Crippen molar-refractivity contribution in [1.82, 2.24) is 20.1 Å². The second-order valence-corrected chi connectivity index (χ2v) is 4.82. The Hall–Kier alpha value is -0.940. The summed E-state index contributed by atoms with van der Waals surface area (Å²) in [5.74, 6) is 1.07. The van der Waals surface area contributed by atoms with Crippen LogP contribution in [0.4, 0.5) is 0 Å². The molecular formula is C12H22N4O. The molecule has 96 valence electrons. The number of ether oxygens (including phenoxy) is 1. The highest BCUT2D eigenvalue weighted by atomic mass is 16.5. The van der Waals surface area contributed by atoms with Crippen LogP contribution in [0, 0.1) is 5.41 Å². The van der Waals surface area contributed by atoms with Gasteiger partial charge in [-0.2, -0.15) is 5.10 Å². The molecule has 1 fully saturated rings. The molecule has 1 aromatic rings. The van der Waals surface area contributed by atoms with Gasteiger partial charge in [0.25, 0.3) is 0 Å². The summed E-state index contributed by atoms with van der Waals surface area (Å²) in [7, 11) is 2.00. The molecule has 5 heteroatoms. The highest BCUT2D eigenvalue weighted by molar-refractivity contribution is 5.00. The second-order valence-electron chi connectivity index (χ2n) is 4.82. The molecule has 2 rings (SSSR count). The molecule has 0 bridgehead atoms. The minimum absolute atomic E-state index is 0.161. The van der Waals surface area contributed by atoms with Gasteiger partial charge in [0.1, 0.15) is 12.2 Å². The molecule has 0 spiro atoms. The average Bonchev–Trinajstić information content (AvgIpc) is 2.88. The Morgan fingerprint density at radius 3 is 3.06 bits per heavy atom. The maximum absolute atomic E-state index is 5.75. The third-order valence-corrected chi connectivity index (χ3v) is 3.86. The predicted octanol–water partition coefficient (Wildman–Crippen LogP) is 0.855. The van der Waals surface area contributed by atoms with Crippen molar-refractivity contribution in [3.63, 3.8) is 0 Å². The first kappa shape index (κ1) is 12.5. The standard InChI is InChI=1S/C12H22N4O/c1-4-16-11(14-9-15-16)7-12(8-13-3)5-6-17-10(12)2/h9-10,13H,4-8H2,1-3H3. The molecule has 1 aliphatic heterocycles. The monoisotopic (exact) mass is 238 g/mol. The molecule has 0 aromatic carbocycles. The van der Waals surface area contributed by atoms with Gasteiger partial charge >= 0.3 is 0 Å². The summed E-state index contributed by atoms with van der Waals surface area (Å²) < 4.78 is 7.72. The van der Waals surface area contributed by atoms with Gasteiger partial charge in [-0.15, -0.1) is 0 Å². The SMILES string of the molecule is CCn1ncnc1CC1(CNC)CCOC1C. The number of hydrogen-bond acceptors (Lipinski definition) is 4. The maximum Gasteiger partial charge on any atom is 0.138 e.